The van der Waals surface area contributed by atoms with E-state index in [4.69, 9.17) is 16.7 Å². The van der Waals surface area contributed by atoms with Crippen LogP contribution in [0.1, 0.15) is 28.5 Å². The van der Waals surface area contributed by atoms with E-state index >= 15 is 0 Å². The van der Waals surface area contributed by atoms with Gasteiger partial charge in [-0.2, -0.15) is 9.78 Å². The number of carboxylic acids is 1. The number of rotatable bonds is 10. The minimum Gasteiger partial charge on any atom is -0.478 e. The third kappa shape index (κ3) is 6.68. The van der Waals surface area contributed by atoms with Gasteiger partial charge < -0.3 is 15.7 Å². The van der Waals surface area contributed by atoms with E-state index in [2.05, 4.69) is 31.3 Å². The van der Waals surface area contributed by atoms with Gasteiger partial charge >= 0.3 is 5.97 Å². The molecule has 0 spiro atoms. The molecule has 4 aromatic rings. The van der Waals surface area contributed by atoms with Gasteiger partial charge in [-0.15, -0.1) is 5.10 Å². The molecule has 0 saturated carbocycles. The molecule has 3 N–H and O–H groups in total. The predicted octanol–water partition coefficient (Wildman–Crippen LogP) is 2.61. The van der Waals surface area contributed by atoms with Gasteiger partial charge in [0.1, 0.15) is 12.4 Å². The van der Waals surface area contributed by atoms with Crippen molar-refractivity contribution in [2.75, 3.05) is 5.32 Å². The third-order valence-corrected chi connectivity index (χ3v) is 5.70. The average Bonchev–Trinajstić information content (AvgIpc) is 3.60. The summed E-state index contributed by atoms with van der Waals surface area (Å²) in [5, 5.41) is 30.5. The summed E-state index contributed by atoms with van der Waals surface area (Å²) in [5.74, 6) is -2.09. The number of tetrazole rings is 1. The fourth-order valence-electron chi connectivity index (χ4n) is 3.56. The fraction of sp³-hybridized carbons (Fsp3) is 0.160. The van der Waals surface area contributed by atoms with Crippen LogP contribution in [0.5, 0.6) is 0 Å². The molecule has 4 rings (SSSR count). The number of nitrogens with one attached hydrogen (secondary N) is 2. The Morgan fingerprint density at radius 1 is 1.13 bits per heavy atom. The Morgan fingerprint density at radius 2 is 1.92 bits per heavy atom. The molecule has 12 nitrogen and oxygen atoms in total. The Kier molecular flexibility index (Phi) is 8.23. The molecule has 0 fully saturated rings. The van der Waals surface area contributed by atoms with Gasteiger partial charge in [0.2, 0.25) is 11.8 Å². The summed E-state index contributed by atoms with van der Waals surface area (Å²) < 4.78 is 3.15. The van der Waals surface area contributed by atoms with Crippen molar-refractivity contribution < 1.29 is 19.5 Å². The van der Waals surface area contributed by atoms with Crippen molar-refractivity contribution >= 4 is 41.1 Å². The first kappa shape index (κ1) is 26.2. The molecule has 1 unspecified atom stereocenters. The molecule has 2 aromatic heterocycles. The van der Waals surface area contributed by atoms with Crippen LogP contribution in [0.15, 0.2) is 67.1 Å². The molecule has 0 saturated heterocycles. The molecular weight excluding hydrogens is 512 g/mol. The second-order valence-electron chi connectivity index (χ2n) is 8.09. The monoisotopic (exact) mass is 534 g/mol. The largest absolute Gasteiger partial charge is 0.478 e. The standard InChI is InChI=1S/C25H23ClN8O4/c1-2-33-12-11-20(30-33)14-21(24(36)28-19-7-3-16(4-8-19)25(37)38)29-23(35)10-5-17-13-18(26)6-9-22(17)34-15-27-31-32-34/h3-13,15,21H,2,14H2,1H3,(H,28,36)(H,29,35)(H,37,38). The van der Waals surface area contributed by atoms with Gasteiger partial charge in [-0.25, -0.2) is 4.79 Å². The van der Waals surface area contributed by atoms with Crippen molar-refractivity contribution in [3.63, 3.8) is 0 Å². The molecule has 0 aliphatic heterocycles. The second kappa shape index (κ2) is 11.9. The zero-order valence-corrected chi connectivity index (χ0v) is 20.9. The zero-order chi connectivity index (χ0) is 27.1. The van der Waals surface area contributed by atoms with Gasteiger partial charge in [0.05, 0.1) is 16.9 Å². The topological polar surface area (TPSA) is 157 Å². The average molecular weight is 535 g/mol. The van der Waals surface area contributed by atoms with Crippen molar-refractivity contribution in [3.05, 3.63) is 89.0 Å². The van der Waals surface area contributed by atoms with E-state index < -0.39 is 23.8 Å². The number of anilines is 1. The number of aryl methyl sites for hydroxylation is 1. The number of benzene rings is 2. The molecule has 0 aliphatic carbocycles. The Bertz CT molecular complexity index is 1470. The van der Waals surface area contributed by atoms with Gasteiger partial charge in [-0.3, -0.25) is 14.3 Å². The number of hydrogen-bond donors (Lipinski definition) is 3. The van der Waals surface area contributed by atoms with Crippen LogP contribution >= 0.6 is 11.6 Å². The lowest BCUT2D eigenvalue weighted by molar-refractivity contribution is -0.123. The lowest BCUT2D eigenvalue weighted by Crippen LogP contribution is -2.44. The molecule has 0 radical (unpaired) electrons. The van der Waals surface area contributed by atoms with Crippen LogP contribution in [0.4, 0.5) is 5.69 Å². The van der Waals surface area contributed by atoms with Gasteiger partial charge in [-0.05, 0) is 72.0 Å². The Labute approximate surface area is 221 Å². The van der Waals surface area contributed by atoms with Crippen molar-refractivity contribution in [1.29, 1.82) is 0 Å². The highest BCUT2D eigenvalue weighted by Gasteiger charge is 2.22. The van der Waals surface area contributed by atoms with Crippen LogP contribution in [-0.4, -0.2) is 58.9 Å². The van der Waals surface area contributed by atoms with Gasteiger partial charge in [0.15, 0.2) is 0 Å². The Balaban J connectivity index is 1.52. The van der Waals surface area contributed by atoms with Crippen molar-refractivity contribution in [1.82, 2.24) is 35.3 Å². The minimum absolute atomic E-state index is 0.0881. The number of halogens is 1. The smallest absolute Gasteiger partial charge is 0.335 e. The van der Waals surface area contributed by atoms with E-state index in [0.29, 0.717) is 34.2 Å². The molecule has 1 atom stereocenters. The van der Waals surface area contributed by atoms with Crippen LogP contribution in [-0.2, 0) is 22.6 Å². The maximum atomic E-state index is 13.1. The van der Waals surface area contributed by atoms with Gasteiger partial charge in [0, 0.05) is 41.5 Å². The lowest BCUT2D eigenvalue weighted by Gasteiger charge is -2.17. The van der Waals surface area contributed by atoms with E-state index in [-0.39, 0.29) is 12.0 Å². The number of carboxylic acid groups (broad SMARTS) is 1. The van der Waals surface area contributed by atoms with Crippen LogP contribution in [0.2, 0.25) is 5.02 Å². The maximum Gasteiger partial charge on any atom is 0.335 e. The first-order valence-electron chi connectivity index (χ1n) is 11.5. The van der Waals surface area contributed by atoms with E-state index in [1.807, 2.05) is 6.92 Å². The third-order valence-electron chi connectivity index (χ3n) is 5.47. The molecule has 2 heterocycles. The predicted molar refractivity (Wildman–Crippen MR) is 139 cm³/mol. The van der Waals surface area contributed by atoms with E-state index in [0.717, 1.165) is 0 Å². The highest BCUT2D eigenvalue weighted by molar-refractivity contribution is 6.30. The van der Waals surface area contributed by atoms with Crippen LogP contribution in [0, 0.1) is 0 Å². The van der Waals surface area contributed by atoms with E-state index in [9.17, 15) is 14.4 Å². The number of aromatic nitrogens is 6. The summed E-state index contributed by atoms with van der Waals surface area (Å²) in [6.45, 7) is 2.60. The quantitative estimate of drug-likeness (QED) is 0.262. The molecule has 0 aliphatic rings. The van der Waals surface area contributed by atoms with Crippen molar-refractivity contribution in [2.45, 2.75) is 25.9 Å². The summed E-state index contributed by atoms with van der Waals surface area (Å²) >= 11 is 6.14. The normalized spacial score (nSPS) is 11.8. The van der Waals surface area contributed by atoms with Crippen LogP contribution in [0.25, 0.3) is 11.8 Å². The summed E-state index contributed by atoms with van der Waals surface area (Å²) in [6, 6.07) is 11.6. The number of nitrogens with zero attached hydrogens (tertiary/aromatic N) is 6. The summed E-state index contributed by atoms with van der Waals surface area (Å²) in [5.41, 5.74) is 2.28. The molecule has 2 amide bonds. The number of hydrogen-bond acceptors (Lipinski definition) is 7. The molecule has 13 heteroatoms. The number of carbonyl (C=O) groups excluding carboxylic acids is 2. The van der Waals surface area contributed by atoms with Gasteiger partial charge in [0.25, 0.3) is 0 Å². The molecular formula is C25H23ClN8O4. The minimum atomic E-state index is -1.07. The van der Waals surface area contributed by atoms with Crippen molar-refractivity contribution in [2.24, 2.45) is 0 Å². The van der Waals surface area contributed by atoms with E-state index in [1.54, 1.807) is 41.2 Å². The second-order valence-corrected chi connectivity index (χ2v) is 8.53. The van der Waals surface area contributed by atoms with E-state index in [1.165, 1.54) is 41.4 Å². The first-order chi connectivity index (χ1) is 18.3. The van der Waals surface area contributed by atoms with Gasteiger partial charge in [-0.1, -0.05) is 11.6 Å². The first-order valence-corrected chi connectivity index (χ1v) is 11.9. The van der Waals surface area contributed by atoms with Crippen LogP contribution < -0.4 is 10.6 Å². The summed E-state index contributed by atoms with van der Waals surface area (Å²) in [4.78, 5) is 37.1. The highest BCUT2D eigenvalue weighted by Crippen LogP contribution is 2.20. The molecule has 194 valence electrons. The summed E-state index contributed by atoms with van der Waals surface area (Å²) in [7, 11) is 0. The SMILES string of the molecule is CCn1ccc(CC(NC(=O)C=Cc2cc(Cl)ccc2-n2cnnn2)C(=O)Nc2ccc(C(=O)O)cc2)n1. The Hall–Kier alpha value is -4.84. The number of aromatic carboxylic acids is 1. The fourth-order valence-corrected chi connectivity index (χ4v) is 3.74. The van der Waals surface area contributed by atoms with Crippen LogP contribution in [0.3, 0.4) is 0 Å². The Morgan fingerprint density at radius 3 is 2.58 bits per heavy atom. The zero-order valence-electron chi connectivity index (χ0n) is 20.2. The maximum absolute atomic E-state index is 13.1. The molecule has 2 aromatic carbocycles. The van der Waals surface area contributed by atoms with Crippen molar-refractivity contribution in [3.8, 4) is 5.69 Å². The molecule has 0 bridgehead atoms. The number of carbonyl (C=O) groups is 3. The lowest BCUT2D eigenvalue weighted by atomic mass is 10.1. The number of amides is 2. The highest BCUT2D eigenvalue weighted by atomic mass is 35.5. The molecule has 38 heavy (non-hydrogen) atoms. The summed E-state index contributed by atoms with van der Waals surface area (Å²) in [6.07, 6.45) is 6.17.